The Bertz CT molecular complexity index is 1330. The Balaban J connectivity index is 1.89. The SMILES string of the molecule is CC(C)(C)[N+]1(C(=O)[C@@H](O)[C@H](Cc2ccccc2)NC(=O)[C@H](CC(N)=O)NC(=O)OCc2ccccc2)CC[C@@H](O)[C@H]1C(N)=O. The number of benzene rings is 2. The average molecular weight is 613 g/mol. The fraction of sp³-hybridized carbons (Fsp3) is 0.452. The molecule has 1 heterocycles. The molecule has 5 amide bonds. The topological polar surface area (TPSA) is 211 Å². The summed E-state index contributed by atoms with van der Waals surface area (Å²) in [6, 6.07) is 13.4. The maximum Gasteiger partial charge on any atom is 0.408 e. The van der Waals surface area contributed by atoms with E-state index in [4.69, 9.17) is 16.2 Å². The van der Waals surface area contributed by atoms with Crippen LogP contribution in [-0.4, -0.2) is 86.8 Å². The lowest BCUT2D eigenvalue weighted by atomic mass is 9.92. The van der Waals surface area contributed by atoms with Crippen molar-refractivity contribution in [3.05, 3.63) is 71.8 Å². The van der Waals surface area contributed by atoms with E-state index in [-0.39, 0.29) is 26.0 Å². The summed E-state index contributed by atoms with van der Waals surface area (Å²) in [5, 5.41) is 27.2. The van der Waals surface area contributed by atoms with Crippen molar-refractivity contribution in [3.8, 4) is 0 Å². The van der Waals surface area contributed by atoms with Crippen LogP contribution in [0.3, 0.4) is 0 Å². The highest BCUT2D eigenvalue weighted by atomic mass is 16.5. The highest BCUT2D eigenvalue weighted by molar-refractivity contribution is 5.91. The number of likely N-dealkylation sites (tertiary alicyclic amines) is 1. The lowest BCUT2D eigenvalue weighted by Crippen LogP contribution is -2.74. The predicted octanol–water partition coefficient (Wildman–Crippen LogP) is 0.00560. The molecule has 0 aliphatic carbocycles. The summed E-state index contributed by atoms with van der Waals surface area (Å²) in [5.41, 5.74) is 11.4. The van der Waals surface area contributed by atoms with Crippen LogP contribution >= 0.6 is 0 Å². The molecule has 6 atom stereocenters. The molecule has 0 aromatic heterocycles. The first kappa shape index (κ1) is 34.2. The van der Waals surface area contributed by atoms with Crippen LogP contribution in [0.1, 0.15) is 44.7 Å². The van der Waals surface area contributed by atoms with Crippen LogP contribution in [0.5, 0.6) is 0 Å². The summed E-state index contributed by atoms with van der Waals surface area (Å²) in [6.07, 6.45) is -4.61. The zero-order chi connectivity index (χ0) is 32.7. The van der Waals surface area contributed by atoms with Gasteiger partial charge in [0.25, 0.3) is 5.91 Å². The monoisotopic (exact) mass is 612 g/mol. The van der Waals surface area contributed by atoms with Crippen LogP contribution in [-0.2, 0) is 36.9 Å². The van der Waals surface area contributed by atoms with Gasteiger partial charge in [-0.05, 0) is 38.3 Å². The third kappa shape index (κ3) is 7.98. The molecule has 44 heavy (non-hydrogen) atoms. The molecule has 0 bridgehead atoms. The van der Waals surface area contributed by atoms with E-state index < -0.39 is 76.5 Å². The predicted molar refractivity (Wildman–Crippen MR) is 159 cm³/mol. The van der Waals surface area contributed by atoms with Gasteiger partial charge in [0.05, 0.1) is 24.5 Å². The molecule has 1 fully saturated rings. The van der Waals surface area contributed by atoms with Crippen molar-refractivity contribution >= 4 is 29.7 Å². The second kappa shape index (κ2) is 14.4. The molecule has 13 nitrogen and oxygen atoms in total. The molecule has 8 N–H and O–H groups in total. The Morgan fingerprint density at radius 1 is 0.955 bits per heavy atom. The van der Waals surface area contributed by atoms with Crippen LogP contribution in [0.25, 0.3) is 0 Å². The normalized spacial score (nSPS) is 21.8. The first-order valence-corrected chi connectivity index (χ1v) is 14.3. The molecule has 2 aromatic rings. The third-order valence-electron chi connectivity index (χ3n) is 7.99. The number of rotatable bonds is 12. The molecule has 0 radical (unpaired) electrons. The van der Waals surface area contributed by atoms with Crippen molar-refractivity contribution in [1.29, 1.82) is 0 Å². The number of nitrogens with two attached hydrogens (primary N) is 2. The molecule has 0 saturated carbocycles. The summed E-state index contributed by atoms with van der Waals surface area (Å²) in [6.45, 7) is 5.03. The number of hydrogen-bond acceptors (Lipinski definition) is 8. The van der Waals surface area contributed by atoms with E-state index in [2.05, 4.69) is 10.6 Å². The van der Waals surface area contributed by atoms with Gasteiger partial charge < -0.3 is 37.1 Å². The lowest BCUT2D eigenvalue weighted by Gasteiger charge is -2.48. The number of ether oxygens (including phenoxy) is 1. The van der Waals surface area contributed by atoms with E-state index in [1.165, 1.54) is 0 Å². The maximum absolute atomic E-state index is 14.2. The lowest BCUT2D eigenvalue weighted by molar-refractivity contribution is -0.906. The van der Waals surface area contributed by atoms with Gasteiger partial charge in [-0.15, -0.1) is 0 Å². The van der Waals surface area contributed by atoms with E-state index in [0.29, 0.717) is 11.1 Å². The Hall–Kier alpha value is -4.33. The Kier molecular flexibility index (Phi) is 11.2. The van der Waals surface area contributed by atoms with Gasteiger partial charge in [-0.25, -0.2) is 14.1 Å². The number of nitrogens with zero attached hydrogens (tertiary/aromatic N) is 1. The summed E-state index contributed by atoms with van der Waals surface area (Å²) in [7, 11) is 0. The van der Waals surface area contributed by atoms with Crippen LogP contribution in [0.2, 0.25) is 0 Å². The number of primary amides is 2. The Labute approximate surface area is 256 Å². The molecular weight excluding hydrogens is 570 g/mol. The first-order chi connectivity index (χ1) is 20.7. The number of quaternary nitrogens is 1. The number of amides is 5. The van der Waals surface area contributed by atoms with E-state index in [0.717, 1.165) is 0 Å². The Morgan fingerprint density at radius 2 is 1.52 bits per heavy atom. The molecule has 238 valence electrons. The minimum absolute atomic E-state index is 0.0271. The van der Waals surface area contributed by atoms with E-state index in [1.54, 1.807) is 81.4 Å². The van der Waals surface area contributed by atoms with Crippen LogP contribution in [0, 0.1) is 0 Å². The van der Waals surface area contributed by atoms with Gasteiger partial charge in [-0.3, -0.25) is 14.4 Å². The highest BCUT2D eigenvalue weighted by Gasteiger charge is 2.63. The van der Waals surface area contributed by atoms with Crippen molar-refractivity contribution in [2.75, 3.05) is 6.54 Å². The van der Waals surface area contributed by atoms with Crippen molar-refractivity contribution in [1.82, 2.24) is 10.6 Å². The third-order valence-corrected chi connectivity index (χ3v) is 7.99. The summed E-state index contributed by atoms with van der Waals surface area (Å²) >= 11 is 0. The van der Waals surface area contributed by atoms with Gasteiger partial charge in [0.2, 0.25) is 17.9 Å². The molecule has 13 heteroatoms. The van der Waals surface area contributed by atoms with Gasteiger partial charge >= 0.3 is 12.0 Å². The molecule has 2 aromatic carbocycles. The van der Waals surface area contributed by atoms with E-state index >= 15 is 0 Å². The second-order valence-electron chi connectivity index (χ2n) is 12.0. The summed E-state index contributed by atoms with van der Waals surface area (Å²) in [5.74, 6) is -3.50. The Morgan fingerprint density at radius 3 is 2.05 bits per heavy atom. The van der Waals surface area contributed by atoms with Gasteiger partial charge in [0.15, 0.2) is 6.10 Å². The van der Waals surface area contributed by atoms with Crippen molar-refractivity contribution < 1.29 is 43.4 Å². The average Bonchev–Trinajstić information content (AvgIpc) is 3.34. The van der Waals surface area contributed by atoms with Crippen LogP contribution in [0.15, 0.2) is 60.7 Å². The molecular formula is C31H42N5O8+. The fourth-order valence-electron chi connectivity index (χ4n) is 5.78. The minimum Gasteiger partial charge on any atom is -0.445 e. The number of carbonyl (C=O) groups is 5. The molecule has 1 unspecified atom stereocenters. The smallest absolute Gasteiger partial charge is 0.408 e. The minimum atomic E-state index is -1.88. The largest absolute Gasteiger partial charge is 0.445 e. The second-order valence-corrected chi connectivity index (χ2v) is 12.0. The quantitative estimate of drug-likeness (QED) is 0.179. The van der Waals surface area contributed by atoms with Gasteiger partial charge in [0, 0.05) is 6.42 Å². The van der Waals surface area contributed by atoms with Crippen LogP contribution in [0.4, 0.5) is 4.79 Å². The highest BCUT2D eigenvalue weighted by Crippen LogP contribution is 2.38. The van der Waals surface area contributed by atoms with Crippen molar-refractivity contribution in [2.24, 2.45) is 11.5 Å². The van der Waals surface area contributed by atoms with Crippen molar-refractivity contribution in [2.45, 2.75) is 82.5 Å². The van der Waals surface area contributed by atoms with Gasteiger partial charge in [-0.2, -0.15) is 0 Å². The number of aliphatic hydroxyl groups excluding tert-OH is 2. The number of nitrogens with one attached hydrogen (secondary N) is 2. The van der Waals surface area contributed by atoms with E-state index in [9.17, 15) is 34.2 Å². The molecule has 3 rings (SSSR count). The van der Waals surface area contributed by atoms with Crippen molar-refractivity contribution in [3.63, 3.8) is 0 Å². The number of aliphatic hydroxyl groups is 2. The molecule has 1 aliphatic rings. The summed E-state index contributed by atoms with van der Waals surface area (Å²) in [4.78, 5) is 64.6. The number of carbonyl (C=O) groups excluding carboxylic acids is 5. The fourth-order valence-corrected chi connectivity index (χ4v) is 5.78. The van der Waals surface area contributed by atoms with Gasteiger partial charge in [0.1, 0.15) is 18.8 Å². The standard InChI is InChI=1S/C31H41N5O8/c1-31(2,3)36(15-14-23(37)25(36)27(33)40)29(42)26(39)21(16-19-10-6-4-7-11-19)34-28(41)22(17-24(32)38)35-30(43)44-18-20-12-8-5-9-13-20/h4-13,21-23,25-26,37,39H,14-18H2,1-3H3,(H5-,32,33,34,35,38,40,41,43)/p+1/t21-,22-,23+,25-,26-,36?/m0/s1. The molecule has 1 saturated heterocycles. The van der Waals surface area contributed by atoms with Crippen LogP contribution < -0.4 is 22.1 Å². The number of alkyl carbamates (subject to hydrolysis) is 1. The van der Waals surface area contributed by atoms with E-state index in [1.807, 2.05) is 0 Å². The summed E-state index contributed by atoms with van der Waals surface area (Å²) < 4.78 is 4.55. The zero-order valence-electron chi connectivity index (χ0n) is 25.1. The zero-order valence-corrected chi connectivity index (χ0v) is 25.1. The molecule has 0 spiro atoms. The maximum atomic E-state index is 14.2. The molecule has 1 aliphatic heterocycles. The first-order valence-electron chi connectivity index (χ1n) is 14.3. The van der Waals surface area contributed by atoms with Gasteiger partial charge in [-0.1, -0.05) is 60.7 Å². The number of hydrogen-bond donors (Lipinski definition) is 6.